The zero-order valence-corrected chi connectivity index (χ0v) is 14.0. The van der Waals surface area contributed by atoms with E-state index in [-0.39, 0.29) is 6.04 Å². The molecule has 3 atom stereocenters. The Hall–Kier alpha value is -0.200. The van der Waals surface area contributed by atoms with Gasteiger partial charge in [-0.25, -0.2) is 0 Å². The first-order chi connectivity index (χ1) is 9.85. The van der Waals surface area contributed by atoms with Crippen molar-refractivity contribution < 1.29 is 0 Å². The lowest BCUT2D eigenvalue weighted by Gasteiger charge is -2.36. The van der Waals surface area contributed by atoms with E-state index in [1.54, 1.807) is 0 Å². The Bertz CT molecular complexity index is 569. The molecule has 3 N–H and O–H groups in total. The topological polar surface area (TPSA) is 38.0 Å². The van der Waals surface area contributed by atoms with Crippen LogP contribution in [0.3, 0.4) is 0 Å². The lowest BCUT2D eigenvalue weighted by Crippen LogP contribution is -2.41. The van der Waals surface area contributed by atoms with Gasteiger partial charge in [-0.05, 0) is 28.8 Å². The van der Waals surface area contributed by atoms with Crippen LogP contribution in [0.5, 0.6) is 0 Å². The number of benzene rings is 1. The summed E-state index contributed by atoms with van der Waals surface area (Å²) in [5.41, 5.74) is 4.47. The first-order valence-corrected chi connectivity index (χ1v) is 9.98. The maximum absolute atomic E-state index is 5.94. The third-order valence-corrected chi connectivity index (χ3v) is 8.18. The van der Waals surface area contributed by atoms with Crippen LogP contribution in [0.15, 0.2) is 29.6 Å². The standard InChI is InChI=1S/C15H20N2S3/c1-2-12-15(20-9-8-18-12)13(17-16)11-5-3-4-10-6-7-19-14(10)11/h3-7,12-13,15,17H,2,8-9,16H2,1H3. The van der Waals surface area contributed by atoms with Crippen molar-refractivity contribution in [2.45, 2.75) is 29.9 Å². The minimum absolute atomic E-state index is 0.236. The fourth-order valence-corrected chi connectivity index (χ4v) is 7.05. The quantitative estimate of drug-likeness (QED) is 0.658. The average molecular weight is 325 g/mol. The Kier molecular flexibility index (Phi) is 4.94. The third-order valence-electron chi connectivity index (χ3n) is 3.85. The molecule has 0 bridgehead atoms. The summed E-state index contributed by atoms with van der Waals surface area (Å²) in [5, 5.41) is 4.73. The number of rotatable bonds is 4. The highest BCUT2D eigenvalue weighted by Gasteiger charge is 2.33. The van der Waals surface area contributed by atoms with Crippen LogP contribution in [-0.4, -0.2) is 22.0 Å². The fraction of sp³-hybridized carbons (Fsp3) is 0.467. The summed E-state index contributed by atoms with van der Waals surface area (Å²) in [5.74, 6) is 8.44. The van der Waals surface area contributed by atoms with Crippen LogP contribution in [-0.2, 0) is 0 Å². The zero-order valence-electron chi connectivity index (χ0n) is 11.5. The number of thioether (sulfide) groups is 2. The molecule has 1 aromatic carbocycles. The van der Waals surface area contributed by atoms with E-state index in [1.807, 2.05) is 11.3 Å². The van der Waals surface area contributed by atoms with E-state index >= 15 is 0 Å². The summed E-state index contributed by atoms with van der Waals surface area (Å²) in [6, 6.07) is 8.99. The molecule has 0 radical (unpaired) electrons. The van der Waals surface area contributed by atoms with E-state index < -0.39 is 0 Å². The number of thiophene rings is 1. The summed E-state index contributed by atoms with van der Waals surface area (Å²) in [6.45, 7) is 2.29. The Morgan fingerprint density at radius 3 is 2.95 bits per heavy atom. The van der Waals surface area contributed by atoms with Crippen molar-refractivity contribution in [3.63, 3.8) is 0 Å². The molecule has 1 saturated heterocycles. The van der Waals surface area contributed by atoms with Gasteiger partial charge in [0.05, 0.1) is 6.04 Å². The van der Waals surface area contributed by atoms with E-state index in [0.717, 1.165) is 0 Å². The summed E-state index contributed by atoms with van der Waals surface area (Å²) < 4.78 is 1.38. The van der Waals surface area contributed by atoms with Gasteiger partial charge >= 0.3 is 0 Å². The molecule has 0 spiro atoms. The van der Waals surface area contributed by atoms with Crippen LogP contribution < -0.4 is 11.3 Å². The first kappa shape index (κ1) is 14.7. The number of hydrazine groups is 1. The Morgan fingerprint density at radius 2 is 2.15 bits per heavy atom. The van der Waals surface area contributed by atoms with Gasteiger partial charge in [-0.15, -0.1) is 11.3 Å². The Labute approximate surface area is 132 Å². The average Bonchev–Trinajstić information content (AvgIpc) is 2.98. The van der Waals surface area contributed by atoms with Gasteiger partial charge < -0.3 is 0 Å². The number of fused-ring (bicyclic) bond motifs is 1. The largest absolute Gasteiger partial charge is 0.271 e. The highest BCUT2D eigenvalue weighted by atomic mass is 32.2. The normalized spacial score (nSPS) is 24.9. The molecular formula is C15H20N2S3. The second-order valence-corrected chi connectivity index (χ2v) is 8.53. The van der Waals surface area contributed by atoms with Gasteiger partial charge in [-0.3, -0.25) is 11.3 Å². The van der Waals surface area contributed by atoms with Crippen LogP contribution >= 0.6 is 34.9 Å². The van der Waals surface area contributed by atoms with Crippen molar-refractivity contribution in [1.82, 2.24) is 5.43 Å². The molecule has 5 heteroatoms. The fourth-order valence-electron chi connectivity index (χ4n) is 2.87. The minimum atomic E-state index is 0.236. The summed E-state index contributed by atoms with van der Waals surface area (Å²) in [6.07, 6.45) is 1.21. The highest BCUT2D eigenvalue weighted by molar-refractivity contribution is 8.07. The van der Waals surface area contributed by atoms with Crippen molar-refractivity contribution in [2.24, 2.45) is 5.84 Å². The van der Waals surface area contributed by atoms with Gasteiger partial charge in [0.15, 0.2) is 0 Å². The predicted molar refractivity (Wildman–Crippen MR) is 94.7 cm³/mol. The molecule has 0 aliphatic carbocycles. The van der Waals surface area contributed by atoms with Crippen LogP contribution in [0.1, 0.15) is 24.9 Å². The van der Waals surface area contributed by atoms with E-state index in [0.29, 0.717) is 10.5 Å². The molecule has 3 rings (SSSR count). The number of nitrogens with one attached hydrogen (secondary N) is 1. The highest BCUT2D eigenvalue weighted by Crippen LogP contribution is 2.42. The summed E-state index contributed by atoms with van der Waals surface area (Å²) in [4.78, 5) is 0. The van der Waals surface area contributed by atoms with E-state index in [9.17, 15) is 0 Å². The third kappa shape index (κ3) is 2.74. The van der Waals surface area contributed by atoms with Crippen LogP contribution in [0, 0.1) is 0 Å². The van der Waals surface area contributed by atoms with Crippen molar-refractivity contribution >= 4 is 44.9 Å². The first-order valence-electron chi connectivity index (χ1n) is 7.00. The number of nitrogens with two attached hydrogens (primary N) is 1. The molecule has 20 heavy (non-hydrogen) atoms. The SMILES string of the molecule is CCC1SCCSC1C(NN)c1cccc2ccsc12. The molecule has 1 aliphatic rings. The molecule has 2 aromatic rings. The van der Waals surface area contributed by atoms with Gasteiger partial charge in [-0.2, -0.15) is 23.5 Å². The lowest BCUT2D eigenvalue weighted by molar-refractivity contribution is 0.517. The molecule has 1 aliphatic heterocycles. The lowest BCUT2D eigenvalue weighted by atomic mass is 9.99. The second-order valence-electron chi connectivity index (χ2n) is 4.98. The molecular weight excluding hydrogens is 304 g/mol. The Balaban J connectivity index is 1.98. The maximum Gasteiger partial charge on any atom is 0.0603 e. The molecule has 0 amide bonds. The second kappa shape index (κ2) is 6.71. The van der Waals surface area contributed by atoms with Crippen LogP contribution in [0.4, 0.5) is 0 Å². The van der Waals surface area contributed by atoms with Gasteiger partial charge in [-0.1, -0.05) is 25.1 Å². The molecule has 3 unspecified atom stereocenters. The predicted octanol–water partition coefficient (Wildman–Crippen LogP) is 4.03. The monoisotopic (exact) mass is 324 g/mol. The van der Waals surface area contributed by atoms with Gasteiger partial charge in [0.2, 0.25) is 0 Å². The zero-order chi connectivity index (χ0) is 13.9. The minimum Gasteiger partial charge on any atom is -0.271 e. The van der Waals surface area contributed by atoms with Gasteiger partial charge in [0.25, 0.3) is 0 Å². The summed E-state index contributed by atoms with van der Waals surface area (Å²) in [7, 11) is 0. The van der Waals surface area contributed by atoms with Gasteiger partial charge in [0, 0.05) is 26.7 Å². The van der Waals surface area contributed by atoms with E-state index in [4.69, 9.17) is 5.84 Å². The molecule has 2 heterocycles. The van der Waals surface area contributed by atoms with Crippen molar-refractivity contribution in [3.05, 3.63) is 35.2 Å². The van der Waals surface area contributed by atoms with E-state index in [1.165, 1.54) is 33.6 Å². The molecule has 108 valence electrons. The van der Waals surface area contributed by atoms with Crippen LogP contribution in [0.2, 0.25) is 0 Å². The van der Waals surface area contributed by atoms with Crippen molar-refractivity contribution in [3.8, 4) is 0 Å². The molecule has 1 aromatic heterocycles. The van der Waals surface area contributed by atoms with Gasteiger partial charge in [0.1, 0.15) is 0 Å². The summed E-state index contributed by atoms with van der Waals surface area (Å²) >= 11 is 6.00. The number of hydrogen-bond donors (Lipinski definition) is 2. The number of hydrogen-bond acceptors (Lipinski definition) is 5. The Morgan fingerprint density at radius 1 is 1.30 bits per heavy atom. The smallest absolute Gasteiger partial charge is 0.0603 e. The molecule has 1 fully saturated rings. The molecule has 0 saturated carbocycles. The van der Waals surface area contributed by atoms with E-state index in [2.05, 4.69) is 65.5 Å². The van der Waals surface area contributed by atoms with Crippen LogP contribution in [0.25, 0.3) is 10.1 Å². The maximum atomic E-state index is 5.94. The molecule has 2 nitrogen and oxygen atoms in total. The van der Waals surface area contributed by atoms with Crippen molar-refractivity contribution in [1.29, 1.82) is 0 Å². The van der Waals surface area contributed by atoms with Crippen molar-refractivity contribution in [2.75, 3.05) is 11.5 Å².